The van der Waals surface area contributed by atoms with E-state index in [1.165, 1.54) is 70.6 Å². The maximum absolute atomic E-state index is 6.17. The van der Waals surface area contributed by atoms with E-state index < -0.39 is 0 Å². The van der Waals surface area contributed by atoms with Gasteiger partial charge >= 0.3 is 0 Å². The van der Waals surface area contributed by atoms with Gasteiger partial charge in [0.25, 0.3) is 0 Å². The van der Waals surface area contributed by atoms with Crippen LogP contribution >= 0.6 is 11.8 Å². The molecule has 0 aromatic carbocycles. The van der Waals surface area contributed by atoms with Crippen LogP contribution in [0.3, 0.4) is 0 Å². The molecule has 0 saturated heterocycles. The van der Waals surface area contributed by atoms with Crippen molar-refractivity contribution in [3.63, 3.8) is 0 Å². The Labute approximate surface area is 132 Å². The molecule has 0 rings (SSSR count). The molecule has 0 fully saturated rings. The van der Waals surface area contributed by atoms with Gasteiger partial charge in [0, 0.05) is 16.5 Å². The standard InChI is InChI=1S/C18H39NS/c1-5-6-7-8-9-10-11-12-13-14-15-17(19)16-20-18(2,3)4/h17H,5-16,19H2,1-4H3. The van der Waals surface area contributed by atoms with E-state index in [1.807, 2.05) is 11.8 Å². The fourth-order valence-corrected chi connectivity index (χ4v) is 3.22. The number of rotatable bonds is 13. The van der Waals surface area contributed by atoms with Gasteiger partial charge in [0.05, 0.1) is 0 Å². The molecule has 0 spiro atoms. The van der Waals surface area contributed by atoms with Crippen molar-refractivity contribution < 1.29 is 0 Å². The lowest BCUT2D eigenvalue weighted by Gasteiger charge is -2.20. The zero-order chi connectivity index (χ0) is 15.3. The fraction of sp³-hybridized carbons (Fsp3) is 1.00. The van der Waals surface area contributed by atoms with Crippen LogP contribution in [0.1, 0.15) is 98.3 Å². The molecular weight excluding hydrogens is 262 g/mol. The predicted octanol–water partition coefficient (Wildman–Crippen LogP) is 6.16. The molecule has 2 heteroatoms. The van der Waals surface area contributed by atoms with Gasteiger partial charge in [0.2, 0.25) is 0 Å². The van der Waals surface area contributed by atoms with Gasteiger partial charge in [-0.05, 0) is 6.42 Å². The average molecular weight is 302 g/mol. The normalized spacial score (nSPS) is 13.7. The second kappa shape index (κ2) is 13.0. The molecule has 0 aromatic rings. The highest BCUT2D eigenvalue weighted by Crippen LogP contribution is 2.24. The minimum absolute atomic E-state index is 0.357. The smallest absolute Gasteiger partial charge is 0.0130 e. The molecule has 2 N–H and O–H groups in total. The molecule has 0 saturated carbocycles. The molecule has 1 atom stereocenters. The third kappa shape index (κ3) is 16.4. The van der Waals surface area contributed by atoms with Gasteiger partial charge in [-0.2, -0.15) is 11.8 Å². The minimum Gasteiger partial charge on any atom is -0.327 e. The second-order valence-corrected chi connectivity index (χ2v) is 9.00. The maximum atomic E-state index is 6.17. The van der Waals surface area contributed by atoms with Crippen LogP contribution < -0.4 is 5.73 Å². The van der Waals surface area contributed by atoms with Crippen molar-refractivity contribution >= 4 is 11.8 Å². The lowest BCUT2D eigenvalue weighted by atomic mass is 10.0. The molecule has 0 bridgehead atoms. The van der Waals surface area contributed by atoms with Crippen LogP contribution in [-0.2, 0) is 0 Å². The first kappa shape index (κ1) is 20.3. The monoisotopic (exact) mass is 301 g/mol. The second-order valence-electron chi connectivity index (χ2n) is 7.15. The summed E-state index contributed by atoms with van der Waals surface area (Å²) in [5.74, 6) is 1.11. The summed E-state index contributed by atoms with van der Waals surface area (Å²) >= 11 is 2.00. The van der Waals surface area contributed by atoms with Crippen LogP contribution in [0.2, 0.25) is 0 Å². The Balaban J connectivity index is 3.19. The van der Waals surface area contributed by atoms with Crippen LogP contribution in [-0.4, -0.2) is 16.5 Å². The Bertz CT molecular complexity index is 198. The Hall–Kier alpha value is 0.310. The van der Waals surface area contributed by atoms with Gasteiger partial charge < -0.3 is 5.73 Å². The first-order valence-corrected chi connectivity index (χ1v) is 9.84. The van der Waals surface area contributed by atoms with Crippen LogP contribution in [0, 0.1) is 0 Å². The summed E-state index contributed by atoms with van der Waals surface area (Å²) < 4.78 is 0.357. The Morgan fingerprint density at radius 1 is 0.800 bits per heavy atom. The average Bonchev–Trinajstić information content (AvgIpc) is 2.38. The van der Waals surface area contributed by atoms with E-state index in [0.29, 0.717) is 10.8 Å². The van der Waals surface area contributed by atoms with E-state index in [1.54, 1.807) is 0 Å². The van der Waals surface area contributed by atoms with E-state index >= 15 is 0 Å². The molecule has 0 aliphatic rings. The first-order valence-electron chi connectivity index (χ1n) is 8.85. The molecule has 122 valence electrons. The Morgan fingerprint density at radius 2 is 1.25 bits per heavy atom. The molecule has 0 amide bonds. The van der Waals surface area contributed by atoms with Crippen molar-refractivity contribution in [2.24, 2.45) is 5.73 Å². The lowest BCUT2D eigenvalue weighted by Crippen LogP contribution is -2.25. The summed E-state index contributed by atoms with van der Waals surface area (Å²) in [7, 11) is 0. The van der Waals surface area contributed by atoms with Crippen molar-refractivity contribution in [2.45, 2.75) is 109 Å². The molecule has 1 unspecified atom stereocenters. The number of unbranched alkanes of at least 4 members (excludes halogenated alkanes) is 9. The summed E-state index contributed by atoms with van der Waals surface area (Å²) in [6.45, 7) is 9.09. The van der Waals surface area contributed by atoms with Gasteiger partial charge in [0.1, 0.15) is 0 Å². The number of thioether (sulfide) groups is 1. The molecular formula is C18H39NS. The predicted molar refractivity (Wildman–Crippen MR) is 96.6 cm³/mol. The Kier molecular flexibility index (Phi) is 13.2. The number of hydrogen-bond donors (Lipinski definition) is 1. The van der Waals surface area contributed by atoms with Crippen LogP contribution in [0.25, 0.3) is 0 Å². The summed E-state index contributed by atoms with van der Waals surface area (Å²) in [5, 5.41) is 0. The van der Waals surface area contributed by atoms with E-state index in [9.17, 15) is 0 Å². The van der Waals surface area contributed by atoms with E-state index in [0.717, 1.165) is 5.75 Å². The molecule has 1 nitrogen and oxygen atoms in total. The molecule has 0 aliphatic heterocycles. The van der Waals surface area contributed by atoms with Crippen LogP contribution in [0.15, 0.2) is 0 Å². The molecule has 0 heterocycles. The van der Waals surface area contributed by atoms with Crippen molar-refractivity contribution in [1.82, 2.24) is 0 Å². The zero-order valence-electron chi connectivity index (χ0n) is 14.5. The van der Waals surface area contributed by atoms with Gasteiger partial charge in [-0.15, -0.1) is 0 Å². The molecule has 0 aromatic heterocycles. The van der Waals surface area contributed by atoms with E-state index in [2.05, 4.69) is 27.7 Å². The van der Waals surface area contributed by atoms with Crippen LogP contribution in [0.4, 0.5) is 0 Å². The number of hydrogen-bond acceptors (Lipinski definition) is 2. The summed E-state index contributed by atoms with van der Waals surface area (Å²) in [6, 6.07) is 0.397. The van der Waals surface area contributed by atoms with Gasteiger partial charge in [-0.3, -0.25) is 0 Å². The topological polar surface area (TPSA) is 26.0 Å². The zero-order valence-corrected chi connectivity index (χ0v) is 15.4. The van der Waals surface area contributed by atoms with Crippen molar-refractivity contribution in [3.8, 4) is 0 Å². The SMILES string of the molecule is CCCCCCCCCCCCC(N)CSC(C)(C)C. The van der Waals surface area contributed by atoms with Gasteiger partial charge in [0.15, 0.2) is 0 Å². The van der Waals surface area contributed by atoms with Crippen molar-refractivity contribution in [2.75, 3.05) is 5.75 Å². The summed E-state index contributed by atoms with van der Waals surface area (Å²) in [4.78, 5) is 0. The van der Waals surface area contributed by atoms with Gasteiger partial charge in [-0.25, -0.2) is 0 Å². The summed E-state index contributed by atoms with van der Waals surface area (Å²) in [6.07, 6.45) is 15.3. The molecule has 0 radical (unpaired) electrons. The fourth-order valence-electron chi connectivity index (χ4n) is 2.33. The number of nitrogens with two attached hydrogens (primary N) is 1. The highest BCUT2D eigenvalue weighted by atomic mass is 32.2. The molecule has 20 heavy (non-hydrogen) atoms. The Morgan fingerprint density at radius 3 is 1.70 bits per heavy atom. The van der Waals surface area contributed by atoms with Crippen molar-refractivity contribution in [3.05, 3.63) is 0 Å². The summed E-state index contributed by atoms with van der Waals surface area (Å²) in [5.41, 5.74) is 6.17. The largest absolute Gasteiger partial charge is 0.327 e. The molecule has 0 aliphatic carbocycles. The third-order valence-corrected chi connectivity index (χ3v) is 5.12. The van der Waals surface area contributed by atoms with Crippen LogP contribution in [0.5, 0.6) is 0 Å². The van der Waals surface area contributed by atoms with E-state index in [4.69, 9.17) is 5.73 Å². The maximum Gasteiger partial charge on any atom is 0.0130 e. The highest BCUT2D eigenvalue weighted by Gasteiger charge is 2.12. The highest BCUT2D eigenvalue weighted by molar-refractivity contribution is 8.00. The quantitative estimate of drug-likeness (QED) is 0.412. The van der Waals surface area contributed by atoms with Gasteiger partial charge in [-0.1, -0.05) is 91.9 Å². The van der Waals surface area contributed by atoms with E-state index in [-0.39, 0.29) is 0 Å². The third-order valence-electron chi connectivity index (χ3n) is 3.66. The first-order chi connectivity index (χ1) is 9.45. The van der Waals surface area contributed by atoms with Crippen molar-refractivity contribution in [1.29, 1.82) is 0 Å². The lowest BCUT2D eigenvalue weighted by molar-refractivity contribution is 0.534. The minimum atomic E-state index is 0.357.